The molecule has 0 spiro atoms. The van der Waals surface area contributed by atoms with Gasteiger partial charge in [0.25, 0.3) is 0 Å². The maximum atomic E-state index is 9.52. The lowest BCUT2D eigenvalue weighted by molar-refractivity contribution is 0.669. The summed E-state index contributed by atoms with van der Waals surface area (Å²) in [6.45, 7) is 0. The second-order valence-electron chi connectivity index (χ2n) is 12.5. The summed E-state index contributed by atoms with van der Waals surface area (Å²) in [5, 5.41) is -0.563. The van der Waals surface area contributed by atoms with E-state index in [0.717, 1.165) is 22.3 Å². The molecule has 55 heavy (non-hydrogen) atoms. The van der Waals surface area contributed by atoms with Crippen molar-refractivity contribution in [2.24, 2.45) is 0 Å². The molecular weight excluding hydrogens is 671 g/mol. The summed E-state index contributed by atoms with van der Waals surface area (Å²) in [5.41, 5.74) is 1.71. The van der Waals surface area contributed by atoms with Crippen molar-refractivity contribution in [2.75, 3.05) is 0 Å². The quantitative estimate of drug-likeness (QED) is 0.165. The second kappa shape index (κ2) is 13.8. The van der Waals surface area contributed by atoms with Gasteiger partial charge in [0.15, 0.2) is 17.5 Å². The van der Waals surface area contributed by atoms with Gasteiger partial charge in [0.1, 0.15) is 11.2 Å². The lowest BCUT2D eigenvalue weighted by Crippen LogP contribution is -2.00. The Bertz CT molecular complexity index is 3650. The number of benzene rings is 8. The van der Waals surface area contributed by atoms with E-state index in [2.05, 4.69) is 0 Å². The average Bonchev–Trinajstić information content (AvgIpc) is 3.80. The maximum Gasteiger partial charge on any atom is 0.164 e. The molecule has 10 aromatic rings. The summed E-state index contributed by atoms with van der Waals surface area (Å²) in [5.74, 6) is 0.251. The molecule has 258 valence electrons. The Balaban J connectivity index is 1.17. The van der Waals surface area contributed by atoms with Crippen molar-refractivity contribution >= 4 is 21.9 Å². The Kier molecular flexibility index (Phi) is 5.07. The molecule has 0 saturated heterocycles. The normalized spacial score (nSPS) is 15.1. The van der Waals surface area contributed by atoms with E-state index in [9.17, 15) is 5.48 Å². The van der Waals surface area contributed by atoms with E-state index in [1.54, 1.807) is 0 Å². The Morgan fingerprint density at radius 3 is 1.31 bits per heavy atom. The van der Waals surface area contributed by atoms with Crippen molar-refractivity contribution in [1.29, 1.82) is 0 Å². The first-order valence-electron chi connectivity index (χ1n) is 24.7. The standard InChI is InChI=1S/C51H33N3O/c1-4-10-34(11-5-1)37-16-18-40(19-17-37)43-29-31-47-46(32-43)45-30-28-44(33-48(45)55-47)51-53-49(41-24-20-38(21-25-41)35-12-6-2-7-13-35)52-50(54-51)42-26-22-39(23-27-42)36-14-8-3-9-15-36/h1-33H/i1D,4D,5D,10D,11D,16D,17D,18D,19D,28D,29D,30D,31D,32D,33D. The Labute approximate surface area is 340 Å². The summed E-state index contributed by atoms with van der Waals surface area (Å²) in [7, 11) is 0. The molecule has 4 nitrogen and oxygen atoms in total. The number of hydrogen-bond donors (Lipinski definition) is 0. The minimum absolute atomic E-state index is 0.146. The van der Waals surface area contributed by atoms with E-state index in [-0.39, 0.29) is 39.4 Å². The lowest BCUT2D eigenvalue weighted by atomic mass is 9.99. The van der Waals surface area contributed by atoms with Crippen LogP contribution in [0.1, 0.15) is 20.6 Å². The van der Waals surface area contributed by atoms with Gasteiger partial charge in [-0.25, -0.2) is 15.0 Å². The first-order valence-corrected chi connectivity index (χ1v) is 17.2. The molecule has 0 radical (unpaired) electrons. The second-order valence-corrected chi connectivity index (χ2v) is 12.5. The SMILES string of the molecule is [2H]c1c([2H])c([2H])c(-c2c([2H])c([2H])c(-c3c([2H])c([2H])c4oc5c([2H])c(-c6nc(-c7ccc(-c8ccccc8)cc7)nc(-c7ccc(-c8ccccc8)cc7)n6)c([2H])c([2H])c5c4c3[2H])c([2H])c2[2H])c([2H])c1[2H]. The van der Waals surface area contributed by atoms with Gasteiger partial charge in [0, 0.05) is 27.5 Å². The van der Waals surface area contributed by atoms with Gasteiger partial charge < -0.3 is 4.42 Å². The molecule has 4 heteroatoms. The smallest absolute Gasteiger partial charge is 0.164 e. The van der Waals surface area contributed by atoms with E-state index in [0.29, 0.717) is 11.1 Å². The molecule has 10 rings (SSSR count). The number of aromatic nitrogens is 3. The zero-order chi connectivity index (χ0) is 49.6. The van der Waals surface area contributed by atoms with E-state index in [1.807, 2.05) is 109 Å². The molecule has 0 bridgehead atoms. The molecule has 0 unspecified atom stereocenters. The predicted molar refractivity (Wildman–Crippen MR) is 225 cm³/mol. The van der Waals surface area contributed by atoms with Gasteiger partial charge in [-0.15, -0.1) is 0 Å². The van der Waals surface area contributed by atoms with Crippen LogP contribution < -0.4 is 0 Å². The molecule has 0 fully saturated rings. The molecular formula is C51H33N3O. The summed E-state index contributed by atoms with van der Waals surface area (Å²) in [6.07, 6.45) is 0. The number of rotatable bonds is 7. The van der Waals surface area contributed by atoms with Crippen LogP contribution in [-0.2, 0) is 0 Å². The van der Waals surface area contributed by atoms with Crippen LogP contribution in [0.2, 0.25) is 0 Å². The van der Waals surface area contributed by atoms with Crippen LogP contribution >= 0.6 is 0 Å². The maximum absolute atomic E-state index is 9.52. The fraction of sp³-hybridized carbons (Fsp3) is 0. The van der Waals surface area contributed by atoms with Crippen LogP contribution in [0.3, 0.4) is 0 Å². The first-order chi connectivity index (χ1) is 33.5. The van der Waals surface area contributed by atoms with Crippen LogP contribution in [0.15, 0.2) is 204 Å². The summed E-state index contributed by atoms with van der Waals surface area (Å²) in [6, 6.07) is 23.8. The summed E-state index contributed by atoms with van der Waals surface area (Å²) < 4.78 is 139. The van der Waals surface area contributed by atoms with Crippen LogP contribution in [-0.4, -0.2) is 15.0 Å². The first kappa shape index (κ1) is 20.1. The molecule has 0 amide bonds. The molecule has 0 aliphatic rings. The fourth-order valence-electron chi connectivity index (χ4n) is 6.20. The third kappa shape index (κ3) is 6.36. The summed E-state index contributed by atoms with van der Waals surface area (Å²) in [4.78, 5) is 14.4. The van der Waals surface area contributed by atoms with Gasteiger partial charge in [-0.1, -0.05) is 176 Å². The van der Waals surface area contributed by atoms with E-state index in [1.165, 1.54) is 0 Å². The largest absolute Gasteiger partial charge is 0.456 e. The highest BCUT2D eigenvalue weighted by Crippen LogP contribution is 2.36. The average molecular weight is 719 g/mol. The minimum Gasteiger partial charge on any atom is -0.456 e. The van der Waals surface area contributed by atoms with Crippen molar-refractivity contribution in [3.8, 4) is 78.7 Å². The molecule has 8 aromatic carbocycles. The topological polar surface area (TPSA) is 51.8 Å². The van der Waals surface area contributed by atoms with Crippen molar-refractivity contribution in [2.45, 2.75) is 0 Å². The van der Waals surface area contributed by atoms with Gasteiger partial charge in [-0.3, -0.25) is 0 Å². The Hall–Kier alpha value is -7.43. The molecule has 2 heterocycles. The van der Waals surface area contributed by atoms with Crippen molar-refractivity contribution in [3.63, 3.8) is 0 Å². The predicted octanol–water partition coefficient (Wildman–Crippen LogP) is 13.4. The van der Waals surface area contributed by atoms with Crippen LogP contribution in [0, 0.1) is 0 Å². The van der Waals surface area contributed by atoms with E-state index >= 15 is 0 Å². The van der Waals surface area contributed by atoms with Crippen molar-refractivity contribution in [1.82, 2.24) is 15.0 Å². The zero-order valence-corrected chi connectivity index (χ0v) is 28.6. The number of hydrogen-bond acceptors (Lipinski definition) is 4. The van der Waals surface area contributed by atoms with Crippen LogP contribution in [0.4, 0.5) is 0 Å². The van der Waals surface area contributed by atoms with Crippen LogP contribution in [0.25, 0.3) is 101 Å². The number of furan rings is 1. The highest BCUT2D eigenvalue weighted by Gasteiger charge is 2.16. The molecule has 0 atom stereocenters. The highest BCUT2D eigenvalue weighted by molar-refractivity contribution is 6.07. The van der Waals surface area contributed by atoms with Gasteiger partial charge >= 0.3 is 0 Å². The molecule has 0 aliphatic heterocycles. The molecule has 0 N–H and O–H groups in total. The monoisotopic (exact) mass is 718 g/mol. The molecule has 0 saturated carbocycles. The molecule has 0 aliphatic carbocycles. The van der Waals surface area contributed by atoms with Crippen molar-refractivity contribution in [3.05, 3.63) is 200 Å². The third-order valence-electron chi connectivity index (χ3n) is 8.99. The highest BCUT2D eigenvalue weighted by atomic mass is 16.3. The Morgan fingerprint density at radius 2 is 0.745 bits per heavy atom. The van der Waals surface area contributed by atoms with Gasteiger partial charge in [0.2, 0.25) is 0 Å². The Morgan fingerprint density at radius 1 is 0.309 bits per heavy atom. The van der Waals surface area contributed by atoms with Gasteiger partial charge in [-0.2, -0.15) is 0 Å². The third-order valence-corrected chi connectivity index (χ3v) is 8.99. The molecule has 2 aromatic heterocycles. The van der Waals surface area contributed by atoms with Gasteiger partial charge in [0.05, 0.1) is 20.6 Å². The number of nitrogens with zero attached hydrogens (tertiary/aromatic N) is 3. The van der Waals surface area contributed by atoms with Crippen molar-refractivity contribution < 1.29 is 25.0 Å². The minimum atomic E-state index is -0.835. The van der Waals surface area contributed by atoms with Crippen LogP contribution in [0.5, 0.6) is 0 Å². The lowest BCUT2D eigenvalue weighted by Gasteiger charge is -2.10. The van der Waals surface area contributed by atoms with Gasteiger partial charge in [-0.05, 0) is 68.7 Å². The summed E-state index contributed by atoms with van der Waals surface area (Å²) >= 11 is 0. The zero-order valence-electron chi connectivity index (χ0n) is 43.6. The number of fused-ring (bicyclic) bond motifs is 3. The van der Waals surface area contributed by atoms with E-state index in [4.69, 9.17) is 34.4 Å². The van der Waals surface area contributed by atoms with E-state index < -0.39 is 118 Å². The fourth-order valence-corrected chi connectivity index (χ4v) is 6.20.